The molecule has 0 bridgehead atoms. The van der Waals surface area contributed by atoms with Crippen molar-refractivity contribution in [3.8, 4) is 6.07 Å². The highest BCUT2D eigenvalue weighted by molar-refractivity contribution is 7.96. The Hall–Kier alpha value is -2.25. The molecule has 0 aromatic heterocycles. The molecule has 0 radical (unpaired) electrons. The van der Waals surface area contributed by atoms with Crippen LogP contribution in [0.4, 0.5) is 0 Å². The Kier molecular flexibility index (Phi) is 7.49. The molecule has 0 heterocycles. The second-order valence-corrected chi connectivity index (χ2v) is 12.3. The molecular formula is C23H19Cl3N3OP. The van der Waals surface area contributed by atoms with Gasteiger partial charge in [0.2, 0.25) is 3.79 Å². The monoisotopic (exact) mass is 489 g/mol. The number of nitrogens with two attached hydrogens (primary N) is 1. The molecule has 0 aliphatic heterocycles. The van der Waals surface area contributed by atoms with Crippen molar-refractivity contribution in [3.05, 3.63) is 91.0 Å². The van der Waals surface area contributed by atoms with Crippen molar-refractivity contribution in [3.63, 3.8) is 0 Å². The van der Waals surface area contributed by atoms with Gasteiger partial charge in [0.25, 0.3) is 5.91 Å². The summed E-state index contributed by atoms with van der Waals surface area (Å²) in [6, 6.07) is 30.7. The summed E-state index contributed by atoms with van der Waals surface area (Å²) < 4.78 is -1.93. The maximum Gasteiger partial charge on any atom is 0.264 e. The van der Waals surface area contributed by atoms with Gasteiger partial charge in [-0.1, -0.05) is 126 Å². The van der Waals surface area contributed by atoms with Crippen LogP contribution in [0.15, 0.2) is 91.0 Å². The highest BCUT2D eigenvalue weighted by atomic mass is 35.6. The molecule has 0 unspecified atom stereocenters. The molecular weight excluding hydrogens is 472 g/mol. The van der Waals surface area contributed by atoms with Gasteiger partial charge in [-0.05, 0) is 15.9 Å². The van der Waals surface area contributed by atoms with E-state index in [0.717, 1.165) is 15.9 Å². The summed E-state index contributed by atoms with van der Waals surface area (Å²) >= 11 is 17.5. The van der Waals surface area contributed by atoms with Crippen molar-refractivity contribution >= 4 is 68.8 Å². The van der Waals surface area contributed by atoms with Gasteiger partial charge in [0.15, 0.2) is 0 Å². The number of nitrogens with one attached hydrogen (secondary N) is 1. The second-order valence-electron chi connectivity index (χ2n) is 6.63. The second kappa shape index (κ2) is 9.92. The number of nitriles is 1. The van der Waals surface area contributed by atoms with Gasteiger partial charge in [-0.3, -0.25) is 4.79 Å². The maximum atomic E-state index is 13.4. The molecule has 0 spiro atoms. The first kappa shape index (κ1) is 23.4. The van der Waals surface area contributed by atoms with E-state index in [1.807, 2.05) is 91.0 Å². The summed E-state index contributed by atoms with van der Waals surface area (Å²) in [5.74, 6) is -0.675. The summed E-state index contributed by atoms with van der Waals surface area (Å²) in [4.78, 5) is 13.4. The van der Waals surface area contributed by atoms with Crippen molar-refractivity contribution in [1.82, 2.24) is 5.32 Å². The van der Waals surface area contributed by atoms with Gasteiger partial charge in [-0.25, -0.2) is 0 Å². The zero-order valence-corrected chi connectivity index (χ0v) is 19.4. The number of nitrogens with zero attached hydrogens (tertiary/aromatic N) is 1. The molecule has 0 saturated carbocycles. The molecule has 1 amide bonds. The zero-order chi connectivity index (χ0) is 22.5. The first-order chi connectivity index (χ1) is 14.8. The summed E-state index contributed by atoms with van der Waals surface area (Å²) in [7, 11) is 0. The number of alkyl halides is 3. The topological polar surface area (TPSA) is 78.9 Å². The largest absolute Gasteiger partial charge is 0.332 e. The van der Waals surface area contributed by atoms with E-state index in [2.05, 4.69) is 11.4 Å². The van der Waals surface area contributed by atoms with E-state index in [0.29, 0.717) is 0 Å². The van der Waals surface area contributed by atoms with Crippen LogP contribution in [-0.4, -0.2) is 21.2 Å². The molecule has 0 saturated heterocycles. The fourth-order valence-electron chi connectivity index (χ4n) is 3.36. The van der Waals surface area contributed by atoms with Crippen molar-refractivity contribution < 1.29 is 4.79 Å². The minimum absolute atomic E-state index is 0.0146. The minimum atomic E-state index is -2.87. The molecule has 1 atom stereocenters. The third-order valence-corrected chi connectivity index (χ3v) is 9.62. The van der Waals surface area contributed by atoms with Crippen molar-refractivity contribution in [2.45, 2.75) is 9.96 Å². The number of carbonyl (C=O) groups excluding carboxylic acids is 1. The van der Waals surface area contributed by atoms with E-state index < -0.39 is 22.8 Å². The van der Waals surface area contributed by atoms with E-state index >= 15 is 0 Å². The lowest BCUT2D eigenvalue weighted by Gasteiger charge is -2.30. The normalized spacial score (nSPS) is 12.5. The third kappa shape index (κ3) is 4.83. The van der Waals surface area contributed by atoms with Crippen LogP contribution in [0.3, 0.4) is 0 Å². The van der Waals surface area contributed by atoms with Crippen molar-refractivity contribution in [2.75, 3.05) is 0 Å². The molecule has 0 fully saturated rings. The molecule has 3 rings (SSSR count). The van der Waals surface area contributed by atoms with Gasteiger partial charge in [0.1, 0.15) is 17.5 Å². The number of rotatable bonds is 5. The van der Waals surface area contributed by atoms with Gasteiger partial charge in [-0.15, -0.1) is 0 Å². The predicted molar refractivity (Wildman–Crippen MR) is 132 cm³/mol. The molecule has 3 aromatic carbocycles. The number of carbonyl (C=O) groups is 1. The van der Waals surface area contributed by atoms with E-state index in [1.54, 1.807) is 0 Å². The van der Waals surface area contributed by atoms with Gasteiger partial charge in [0, 0.05) is 6.89 Å². The van der Waals surface area contributed by atoms with E-state index in [1.165, 1.54) is 0 Å². The number of benzene rings is 3. The highest BCUT2D eigenvalue weighted by Gasteiger charge is 2.36. The smallest absolute Gasteiger partial charge is 0.264 e. The Morgan fingerprint density at radius 3 is 1.48 bits per heavy atom. The van der Waals surface area contributed by atoms with E-state index in [4.69, 9.17) is 40.5 Å². The molecule has 31 heavy (non-hydrogen) atoms. The van der Waals surface area contributed by atoms with Crippen LogP contribution in [0, 0.1) is 11.3 Å². The number of hydrogen-bond acceptors (Lipinski definition) is 3. The van der Waals surface area contributed by atoms with Crippen LogP contribution >= 0.6 is 41.7 Å². The molecule has 3 aromatic rings. The van der Waals surface area contributed by atoms with Crippen molar-refractivity contribution in [1.29, 1.82) is 5.26 Å². The van der Waals surface area contributed by atoms with E-state index in [9.17, 15) is 10.1 Å². The Morgan fingerprint density at radius 1 is 0.839 bits per heavy atom. The molecule has 0 aliphatic carbocycles. The van der Waals surface area contributed by atoms with Gasteiger partial charge in [0.05, 0.1) is 0 Å². The van der Waals surface area contributed by atoms with Crippen LogP contribution < -0.4 is 27.0 Å². The summed E-state index contributed by atoms with van der Waals surface area (Å²) in [6.45, 7) is -2.87. The lowest BCUT2D eigenvalue weighted by atomic mass is 10.3. The Morgan fingerprint density at radius 2 is 1.19 bits per heavy atom. The molecule has 4 nitrogen and oxygen atoms in total. The third-order valence-electron chi connectivity index (χ3n) is 4.73. The fourth-order valence-corrected chi connectivity index (χ4v) is 7.57. The van der Waals surface area contributed by atoms with Gasteiger partial charge in [-0.2, -0.15) is 5.26 Å². The van der Waals surface area contributed by atoms with Gasteiger partial charge >= 0.3 is 0 Å². The van der Waals surface area contributed by atoms with Gasteiger partial charge < -0.3 is 11.1 Å². The molecule has 8 heteroatoms. The van der Waals surface area contributed by atoms with Crippen LogP contribution in [0.5, 0.6) is 0 Å². The SMILES string of the molecule is N#CC(C(=O)N[C@@H](N)C(Cl)(Cl)Cl)=P(c1ccccc1)(c1ccccc1)c1ccccc1. The van der Waals surface area contributed by atoms with Crippen LogP contribution in [0.25, 0.3) is 0 Å². The summed E-state index contributed by atoms with van der Waals surface area (Å²) in [5.41, 5.74) is 5.87. The number of amides is 1. The van der Waals surface area contributed by atoms with Crippen molar-refractivity contribution in [2.24, 2.45) is 5.73 Å². The Labute approximate surface area is 196 Å². The number of hydrogen-bond donors (Lipinski definition) is 2. The minimum Gasteiger partial charge on any atom is -0.332 e. The highest BCUT2D eigenvalue weighted by Crippen LogP contribution is 2.46. The molecule has 158 valence electrons. The maximum absolute atomic E-state index is 13.4. The first-order valence-corrected chi connectivity index (χ1v) is 12.2. The zero-order valence-electron chi connectivity index (χ0n) is 16.3. The Balaban J connectivity index is 2.44. The van der Waals surface area contributed by atoms with Crippen LogP contribution in [0.1, 0.15) is 0 Å². The fraction of sp³-hybridized carbons (Fsp3) is 0.0870. The summed E-state index contributed by atoms with van der Waals surface area (Å²) in [5, 5.41) is 15.3. The Bertz CT molecular complexity index is 1040. The average Bonchev–Trinajstić information content (AvgIpc) is 2.78. The standard InChI is InChI=1S/C23H19Cl3N3OP/c24-23(25,26)22(28)29-21(30)20(16-27)31(17-10-4-1-5-11-17,18-12-6-2-7-13-18)19-14-8-3-9-15-19/h1-15,22H,28H2,(H,29,30)/t22-/m1/s1. The predicted octanol–water partition coefficient (Wildman–Crippen LogP) is 3.45. The van der Waals surface area contributed by atoms with Crippen LogP contribution in [-0.2, 0) is 4.79 Å². The molecule has 3 N–H and O–H groups in total. The summed E-state index contributed by atoms with van der Waals surface area (Å²) in [6.07, 6.45) is -1.29. The lowest BCUT2D eigenvalue weighted by Crippen LogP contribution is -2.52. The number of halogens is 3. The van der Waals surface area contributed by atoms with E-state index in [-0.39, 0.29) is 5.29 Å². The quantitative estimate of drug-likeness (QED) is 0.327. The molecule has 0 aliphatic rings. The van der Waals surface area contributed by atoms with Crippen LogP contribution in [0.2, 0.25) is 0 Å². The first-order valence-electron chi connectivity index (χ1n) is 9.28. The lowest BCUT2D eigenvalue weighted by molar-refractivity contribution is -0.115. The average molecular weight is 491 g/mol.